The number of nitrogens with zero attached hydrogens (tertiary/aromatic N) is 2. The fraction of sp³-hybridized carbons (Fsp3) is 0.310. The molecular formula is C29H30N2O8S. The molecule has 40 heavy (non-hydrogen) atoms. The number of ether oxygens (including phenoxy) is 5. The van der Waals surface area contributed by atoms with Gasteiger partial charge in [0.25, 0.3) is 5.56 Å². The lowest BCUT2D eigenvalue weighted by Crippen LogP contribution is -2.40. The van der Waals surface area contributed by atoms with E-state index < -0.39 is 18.0 Å². The summed E-state index contributed by atoms with van der Waals surface area (Å²) >= 11 is 1.20. The van der Waals surface area contributed by atoms with E-state index in [9.17, 15) is 14.4 Å². The van der Waals surface area contributed by atoms with Gasteiger partial charge in [-0.15, -0.1) is 0 Å². The predicted octanol–water partition coefficient (Wildman–Crippen LogP) is 3.14. The number of carbonyl (C=O) groups is 2. The van der Waals surface area contributed by atoms with Crippen molar-refractivity contribution in [2.24, 2.45) is 4.99 Å². The molecule has 3 aromatic rings. The van der Waals surface area contributed by atoms with Gasteiger partial charge in [-0.1, -0.05) is 23.5 Å². The lowest BCUT2D eigenvalue weighted by atomic mass is 9.95. The third-order valence-electron chi connectivity index (χ3n) is 6.06. The molecular weight excluding hydrogens is 536 g/mol. The summed E-state index contributed by atoms with van der Waals surface area (Å²) < 4.78 is 29.0. The maximum atomic E-state index is 13.9. The van der Waals surface area contributed by atoms with E-state index in [4.69, 9.17) is 23.7 Å². The molecule has 11 heteroatoms. The van der Waals surface area contributed by atoms with Gasteiger partial charge in [0.05, 0.1) is 49.3 Å². The minimum absolute atomic E-state index is 0.154. The zero-order valence-electron chi connectivity index (χ0n) is 23.1. The first-order valence-electron chi connectivity index (χ1n) is 12.6. The molecule has 1 aliphatic rings. The molecule has 0 fully saturated rings. The number of methoxy groups -OCH3 is 2. The van der Waals surface area contributed by atoms with Crippen LogP contribution in [-0.4, -0.2) is 43.9 Å². The van der Waals surface area contributed by atoms with Crippen molar-refractivity contribution in [3.8, 4) is 23.0 Å². The molecule has 10 nitrogen and oxygen atoms in total. The van der Waals surface area contributed by atoms with Crippen LogP contribution in [0.5, 0.6) is 23.0 Å². The molecule has 0 N–H and O–H groups in total. The van der Waals surface area contributed by atoms with Crippen molar-refractivity contribution >= 4 is 29.4 Å². The van der Waals surface area contributed by atoms with Gasteiger partial charge >= 0.3 is 11.9 Å². The number of fused-ring (bicyclic) bond motifs is 1. The second kappa shape index (κ2) is 12.2. The van der Waals surface area contributed by atoms with E-state index in [0.29, 0.717) is 44.4 Å². The van der Waals surface area contributed by atoms with Gasteiger partial charge in [0, 0.05) is 6.92 Å². The zero-order valence-corrected chi connectivity index (χ0v) is 23.9. The highest BCUT2D eigenvalue weighted by atomic mass is 32.1. The number of carbonyl (C=O) groups excluding carboxylic acids is 2. The Morgan fingerprint density at radius 2 is 1.73 bits per heavy atom. The second-order valence-corrected chi connectivity index (χ2v) is 9.66. The molecule has 0 saturated heterocycles. The Balaban J connectivity index is 1.94. The van der Waals surface area contributed by atoms with Gasteiger partial charge in [0.2, 0.25) is 0 Å². The van der Waals surface area contributed by atoms with Gasteiger partial charge in [0.15, 0.2) is 27.8 Å². The molecule has 0 spiro atoms. The Kier molecular flexibility index (Phi) is 8.73. The molecule has 1 aliphatic heterocycles. The summed E-state index contributed by atoms with van der Waals surface area (Å²) in [5.74, 6) is 0.555. The monoisotopic (exact) mass is 566 g/mol. The number of aromatic nitrogens is 1. The molecule has 1 aromatic heterocycles. The fourth-order valence-electron chi connectivity index (χ4n) is 4.40. The number of benzene rings is 2. The Hall–Kier alpha value is -4.38. The minimum atomic E-state index is -0.853. The maximum Gasteiger partial charge on any atom is 0.338 e. The van der Waals surface area contributed by atoms with Gasteiger partial charge in [-0.2, -0.15) is 0 Å². The van der Waals surface area contributed by atoms with Crippen LogP contribution in [-0.2, 0) is 14.3 Å². The maximum absolute atomic E-state index is 13.9. The number of rotatable bonds is 9. The molecule has 0 aliphatic carbocycles. The van der Waals surface area contributed by atoms with Crippen LogP contribution in [0, 0.1) is 0 Å². The second-order valence-electron chi connectivity index (χ2n) is 8.65. The summed E-state index contributed by atoms with van der Waals surface area (Å²) in [5.41, 5.74) is 1.62. The van der Waals surface area contributed by atoms with Crippen molar-refractivity contribution in [1.29, 1.82) is 0 Å². The van der Waals surface area contributed by atoms with E-state index in [0.717, 1.165) is 5.56 Å². The standard InChI is InChI=1S/C29H30N2O8S/c1-7-37-23-15-19(10-12-21(23)39-17(4)32)26-25(28(34)38-8-2)16(3)30-29-31(26)27(33)24(40-29)14-18-9-11-20(35-5)22(13-18)36-6/h9-15,26H,7-8H2,1-6H3/b24-14+/t26-/m1/s1. The molecule has 4 rings (SSSR count). The van der Waals surface area contributed by atoms with Gasteiger partial charge in [-0.3, -0.25) is 14.2 Å². The van der Waals surface area contributed by atoms with Gasteiger partial charge in [0.1, 0.15) is 0 Å². The number of hydrogen-bond donors (Lipinski definition) is 0. The van der Waals surface area contributed by atoms with Crippen LogP contribution in [0.2, 0.25) is 0 Å². The van der Waals surface area contributed by atoms with E-state index in [1.807, 2.05) is 6.07 Å². The Labute approximate surface area is 234 Å². The van der Waals surface area contributed by atoms with Gasteiger partial charge in [-0.25, -0.2) is 9.79 Å². The van der Waals surface area contributed by atoms with E-state index in [2.05, 4.69) is 4.99 Å². The highest BCUT2D eigenvalue weighted by molar-refractivity contribution is 7.07. The lowest BCUT2D eigenvalue weighted by molar-refractivity contribution is -0.139. The van der Waals surface area contributed by atoms with Crippen LogP contribution < -0.4 is 33.8 Å². The van der Waals surface area contributed by atoms with Crippen LogP contribution >= 0.6 is 11.3 Å². The highest BCUT2D eigenvalue weighted by Gasteiger charge is 2.34. The fourth-order valence-corrected chi connectivity index (χ4v) is 5.45. The number of esters is 2. The SMILES string of the molecule is CCOC(=O)C1=C(C)N=c2s/c(=C/c3ccc(OC)c(OC)c3)c(=O)n2[C@@H]1c1ccc(OC(C)=O)c(OCC)c1. The van der Waals surface area contributed by atoms with E-state index in [-0.39, 0.29) is 23.5 Å². The average Bonchev–Trinajstić information content (AvgIpc) is 3.22. The quantitative estimate of drug-likeness (QED) is 0.287. The zero-order chi connectivity index (χ0) is 29.0. The summed E-state index contributed by atoms with van der Waals surface area (Å²) in [7, 11) is 3.09. The molecule has 0 amide bonds. The number of thiazole rings is 1. The van der Waals surface area contributed by atoms with Crippen molar-refractivity contribution in [2.75, 3.05) is 27.4 Å². The van der Waals surface area contributed by atoms with Crippen LogP contribution in [0.15, 0.2) is 57.5 Å². The summed E-state index contributed by atoms with van der Waals surface area (Å²) in [6, 6.07) is 9.42. The van der Waals surface area contributed by atoms with Crippen LogP contribution in [0.3, 0.4) is 0 Å². The molecule has 2 aromatic carbocycles. The van der Waals surface area contributed by atoms with Crippen molar-refractivity contribution < 1.29 is 33.3 Å². The molecule has 0 bridgehead atoms. The largest absolute Gasteiger partial charge is 0.493 e. The van der Waals surface area contributed by atoms with Gasteiger partial charge < -0.3 is 23.7 Å². The third-order valence-corrected chi connectivity index (χ3v) is 7.04. The van der Waals surface area contributed by atoms with Crippen LogP contribution in [0.25, 0.3) is 6.08 Å². The lowest BCUT2D eigenvalue weighted by Gasteiger charge is -2.25. The summed E-state index contributed by atoms with van der Waals surface area (Å²) in [6.07, 6.45) is 1.74. The molecule has 0 unspecified atom stereocenters. The highest BCUT2D eigenvalue weighted by Crippen LogP contribution is 2.36. The molecule has 1 atom stereocenters. The summed E-state index contributed by atoms with van der Waals surface area (Å²) in [6.45, 7) is 6.98. The molecule has 210 valence electrons. The number of allylic oxidation sites excluding steroid dienone is 1. The summed E-state index contributed by atoms with van der Waals surface area (Å²) in [5, 5.41) is 0. The normalized spacial score (nSPS) is 14.8. The van der Waals surface area contributed by atoms with E-state index in [1.54, 1.807) is 71.4 Å². The smallest absolute Gasteiger partial charge is 0.338 e. The van der Waals surface area contributed by atoms with Crippen molar-refractivity contribution in [3.63, 3.8) is 0 Å². The molecule has 2 heterocycles. The van der Waals surface area contributed by atoms with Crippen molar-refractivity contribution in [3.05, 3.63) is 78.5 Å². The van der Waals surface area contributed by atoms with Crippen molar-refractivity contribution in [1.82, 2.24) is 4.57 Å². The Morgan fingerprint density at radius 1 is 1.00 bits per heavy atom. The minimum Gasteiger partial charge on any atom is -0.493 e. The van der Waals surface area contributed by atoms with Crippen LogP contribution in [0.1, 0.15) is 44.9 Å². The third kappa shape index (κ3) is 5.64. The topological polar surface area (TPSA) is 115 Å². The first-order valence-corrected chi connectivity index (χ1v) is 13.4. The summed E-state index contributed by atoms with van der Waals surface area (Å²) in [4.78, 5) is 43.7. The predicted molar refractivity (Wildman–Crippen MR) is 149 cm³/mol. The molecule has 0 saturated carbocycles. The Morgan fingerprint density at radius 3 is 2.38 bits per heavy atom. The Bertz CT molecular complexity index is 1670. The van der Waals surface area contributed by atoms with Crippen molar-refractivity contribution in [2.45, 2.75) is 33.7 Å². The van der Waals surface area contributed by atoms with Gasteiger partial charge in [-0.05, 0) is 62.2 Å². The van der Waals surface area contributed by atoms with E-state index in [1.165, 1.54) is 22.8 Å². The van der Waals surface area contributed by atoms with E-state index >= 15 is 0 Å². The van der Waals surface area contributed by atoms with Crippen LogP contribution in [0.4, 0.5) is 0 Å². The first kappa shape index (κ1) is 28.6. The average molecular weight is 567 g/mol. The number of hydrogen-bond acceptors (Lipinski definition) is 10. The molecule has 0 radical (unpaired) electrons. The first-order chi connectivity index (χ1) is 19.2.